The predicted octanol–water partition coefficient (Wildman–Crippen LogP) is 13.7. The average molecular weight is 636 g/mol. The van der Waals surface area contributed by atoms with Crippen LogP contribution in [0.2, 0.25) is 0 Å². The summed E-state index contributed by atoms with van der Waals surface area (Å²) >= 11 is 0. The maximum atomic E-state index is 6.83. The summed E-state index contributed by atoms with van der Waals surface area (Å²) in [5.74, 6) is 0. The van der Waals surface area contributed by atoms with Gasteiger partial charge in [0.15, 0.2) is 0 Å². The van der Waals surface area contributed by atoms with Crippen molar-refractivity contribution in [2.24, 2.45) is 0 Å². The molecule has 0 amide bonds. The number of H-pyrrole nitrogens is 1. The topological polar surface area (TPSA) is 28.9 Å². The van der Waals surface area contributed by atoms with E-state index in [4.69, 9.17) is 4.42 Å². The van der Waals surface area contributed by atoms with E-state index in [-0.39, 0.29) is 0 Å². The van der Waals surface area contributed by atoms with Crippen molar-refractivity contribution in [3.8, 4) is 33.4 Å². The van der Waals surface area contributed by atoms with E-state index in [0.717, 1.165) is 38.5 Å². The minimum atomic E-state index is 0.899. The number of fused-ring (bicyclic) bond motifs is 9. The molecule has 232 valence electrons. The first-order valence-electron chi connectivity index (χ1n) is 17.2. The number of hydrogen-bond acceptors (Lipinski definition) is 1. The second-order valence-electron chi connectivity index (χ2n) is 13.3. The molecule has 0 radical (unpaired) electrons. The lowest BCUT2D eigenvalue weighted by Gasteiger charge is -2.19. The molecule has 2 nitrogen and oxygen atoms in total. The number of rotatable bonds is 3. The average Bonchev–Trinajstić information content (AvgIpc) is 3.74. The lowest BCUT2D eigenvalue weighted by molar-refractivity contribution is 0.670. The maximum absolute atomic E-state index is 6.83. The molecular weight excluding hydrogens is 607 g/mol. The standard InChI is InChI=1S/C48H29NO/c1-2-13-30-26-32(25-24-29(30)12-1)31-14-11-15-33(27-31)44-36-18-3-5-20-38(36)45(39-21-6-4-19-37(39)44)46-47-40(34-16-7-9-22-42(34)49-47)28-41-35-17-8-10-23-43(35)50-48(41)46/h1-28,49H. The molecule has 0 bridgehead atoms. The Balaban J connectivity index is 1.26. The van der Waals surface area contributed by atoms with Crippen LogP contribution < -0.4 is 0 Å². The summed E-state index contributed by atoms with van der Waals surface area (Å²) in [6, 6.07) is 61.5. The molecule has 2 aromatic heterocycles. The van der Waals surface area contributed by atoms with Crippen molar-refractivity contribution in [1.29, 1.82) is 0 Å². The fourth-order valence-corrected chi connectivity index (χ4v) is 8.33. The van der Waals surface area contributed by atoms with Crippen LogP contribution in [0.1, 0.15) is 0 Å². The summed E-state index contributed by atoms with van der Waals surface area (Å²) in [5, 5.41) is 12.0. The van der Waals surface area contributed by atoms with Crippen LogP contribution in [0.3, 0.4) is 0 Å². The Hall–Kier alpha value is -6.64. The van der Waals surface area contributed by atoms with Crippen molar-refractivity contribution in [3.05, 3.63) is 170 Å². The number of furan rings is 1. The SMILES string of the molecule is c1cc(-c2ccc3ccccc3c2)cc(-c2c3ccccc3c(-c3c4[nH]c5ccccc5c4cc4c3oc3ccccc34)c3ccccc23)c1. The van der Waals surface area contributed by atoms with Crippen LogP contribution in [-0.2, 0) is 0 Å². The molecule has 9 aromatic carbocycles. The van der Waals surface area contributed by atoms with E-state index >= 15 is 0 Å². The number of benzene rings is 9. The highest BCUT2D eigenvalue weighted by Crippen LogP contribution is 2.50. The minimum Gasteiger partial charge on any atom is -0.455 e. The molecule has 0 spiro atoms. The van der Waals surface area contributed by atoms with E-state index in [1.807, 2.05) is 0 Å². The zero-order valence-electron chi connectivity index (χ0n) is 27.1. The first-order chi connectivity index (χ1) is 24.8. The molecule has 2 heterocycles. The fraction of sp³-hybridized carbons (Fsp3) is 0. The van der Waals surface area contributed by atoms with Crippen LogP contribution in [0.25, 0.3) is 109 Å². The van der Waals surface area contributed by atoms with Gasteiger partial charge in [0, 0.05) is 32.6 Å². The number of hydrogen-bond donors (Lipinski definition) is 1. The first-order valence-corrected chi connectivity index (χ1v) is 17.2. The van der Waals surface area contributed by atoms with Gasteiger partial charge in [-0.15, -0.1) is 0 Å². The Morgan fingerprint density at radius 1 is 0.340 bits per heavy atom. The molecule has 2 heteroatoms. The summed E-state index contributed by atoms with van der Waals surface area (Å²) in [4.78, 5) is 3.84. The zero-order valence-corrected chi connectivity index (χ0v) is 27.1. The normalized spacial score (nSPS) is 12.0. The van der Waals surface area contributed by atoms with Gasteiger partial charge in [-0.1, -0.05) is 140 Å². The van der Waals surface area contributed by atoms with E-state index in [2.05, 4.69) is 175 Å². The van der Waals surface area contributed by atoms with Gasteiger partial charge in [-0.05, 0) is 84.9 Å². The number of aromatic amines is 1. The third-order valence-electron chi connectivity index (χ3n) is 10.6. The smallest absolute Gasteiger partial charge is 0.145 e. The predicted molar refractivity (Wildman–Crippen MR) is 212 cm³/mol. The van der Waals surface area contributed by atoms with E-state index in [0.29, 0.717) is 0 Å². The molecule has 0 aliphatic rings. The van der Waals surface area contributed by atoms with Crippen molar-refractivity contribution in [2.75, 3.05) is 0 Å². The quantitative estimate of drug-likeness (QED) is 0.192. The van der Waals surface area contributed by atoms with Crippen LogP contribution >= 0.6 is 0 Å². The number of para-hydroxylation sites is 2. The number of nitrogens with one attached hydrogen (secondary N) is 1. The molecule has 50 heavy (non-hydrogen) atoms. The van der Waals surface area contributed by atoms with Crippen molar-refractivity contribution < 1.29 is 4.42 Å². The van der Waals surface area contributed by atoms with E-state index in [1.165, 1.54) is 70.9 Å². The van der Waals surface area contributed by atoms with Crippen molar-refractivity contribution in [3.63, 3.8) is 0 Å². The molecule has 0 aliphatic heterocycles. The molecule has 11 rings (SSSR count). The highest BCUT2D eigenvalue weighted by atomic mass is 16.3. The molecule has 0 aliphatic carbocycles. The van der Waals surface area contributed by atoms with Gasteiger partial charge in [-0.3, -0.25) is 0 Å². The van der Waals surface area contributed by atoms with Crippen LogP contribution in [-0.4, -0.2) is 4.98 Å². The van der Waals surface area contributed by atoms with Crippen LogP contribution in [0, 0.1) is 0 Å². The summed E-state index contributed by atoms with van der Waals surface area (Å²) in [5.41, 5.74) is 11.2. The zero-order chi connectivity index (χ0) is 32.8. The first kappa shape index (κ1) is 27.3. The van der Waals surface area contributed by atoms with Gasteiger partial charge in [0.05, 0.1) is 11.1 Å². The lowest BCUT2D eigenvalue weighted by Crippen LogP contribution is -1.92. The lowest BCUT2D eigenvalue weighted by atomic mass is 9.84. The summed E-state index contributed by atoms with van der Waals surface area (Å²) in [6.07, 6.45) is 0. The third kappa shape index (κ3) is 3.90. The Labute approximate surface area is 287 Å². The Morgan fingerprint density at radius 2 is 0.940 bits per heavy atom. The largest absolute Gasteiger partial charge is 0.455 e. The van der Waals surface area contributed by atoms with Gasteiger partial charge in [0.2, 0.25) is 0 Å². The summed E-state index contributed by atoms with van der Waals surface area (Å²) in [7, 11) is 0. The van der Waals surface area contributed by atoms with Crippen molar-refractivity contribution in [2.45, 2.75) is 0 Å². The van der Waals surface area contributed by atoms with Crippen LogP contribution in [0.4, 0.5) is 0 Å². The van der Waals surface area contributed by atoms with E-state index < -0.39 is 0 Å². The Bertz CT molecular complexity index is 3010. The molecule has 0 fully saturated rings. The Kier molecular flexibility index (Phi) is 5.70. The Morgan fingerprint density at radius 3 is 1.72 bits per heavy atom. The van der Waals surface area contributed by atoms with Gasteiger partial charge in [0.1, 0.15) is 11.2 Å². The number of aromatic nitrogens is 1. The van der Waals surface area contributed by atoms with E-state index in [1.54, 1.807) is 0 Å². The molecule has 11 aromatic rings. The maximum Gasteiger partial charge on any atom is 0.145 e. The summed E-state index contributed by atoms with van der Waals surface area (Å²) in [6.45, 7) is 0. The second kappa shape index (κ2) is 10.4. The third-order valence-corrected chi connectivity index (χ3v) is 10.6. The monoisotopic (exact) mass is 635 g/mol. The molecule has 0 saturated heterocycles. The van der Waals surface area contributed by atoms with Gasteiger partial charge in [-0.25, -0.2) is 0 Å². The van der Waals surface area contributed by atoms with Crippen molar-refractivity contribution in [1.82, 2.24) is 4.98 Å². The van der Waals surface area contributed by atoms with Crippen LogP contribution in [0.5, 0.6) is 0 Å². The molecule has 0 atom stereocenters. The molecule has 0 unspecified atom stereocenters. The van der Waals surface area contributed by atoms with Crippen molar-refractivity contribution >= 4 is 76.1 Å². The minimum absolute atomic E-state index is 0.899. The van der Waals surface area contributed by atoms with Gasteiger partial charge in [0.25, 0.3) is 0 Å². The van der Waals surface area contributed by atoms with Crippen LogP contribution in [0.15, 0.2) is 174 Å². The highest BCUT2D eigenvalue weighted by molar-refractivity contribution is 6.30. The fourth-order valence-electron chi connectivity index (χ4n) is 8.33. The molecule has 1 N–H and O–H groups in total. The van der Waals surface area contributed by atoms with Gasteiger partial charge >= 0.3 is 0 Å². The molecular formula is C48H29NO. The highest BCUT2D eigenvalue weighted by Gasteiger charge is 2.24. The second-order valence-corrected chi connectivity index (χ2v) is 13.3. The van der Waals surface area contributed by atoms with Gasteiger partial charge < -0.3 is 9.40 Å². The van der Waals surface area contributed by atoms with Gasteiger partial charge in [-0.2, -0.15) is 0 Å². The van der Waals surface area contributed by atoms with E-state index in [9.17, 15) is 0 Å². The summed E-state index contributed by atoms with van der Waals surface area (Å²) < 4.78 is 6.83. The molecule has 0 saturated carbocycles.